The van der Waals surface area contributed by atoms with E-state index in [2.05, 4.69) is 9.97 Å². The molecule has 3 aliphatic carbocycles. The van der Waals surface area contributed by atoms with E-state index in [1.807, 2.05) is 0 Å². The highest BCUT2D eigenvalue weighted by Gasteiger charge is 2.42. The minimum atomic E-state index is -0.888. The van der Waals surface area contributed by atoms with Crippen LogP contribution in [0.3, 0.4) is 0 Å². The molecule has 0 aliphatic heterocycles. The second-order valence-corrected chi connectivity index (χ2v) is 6.39. The van der Waals surface area contributed by atoms with Crippen LogP contribution in [0, 0.1) is 11.8 Å². The summed E-state index contributed by atoms with van der Waals surface area (Å²) in [4.78, 5) is 20.3. The number of hydrogen-bond donors (Lipinski definition) is 1. The van der Waals surface area contributed by atoms with Gasteiger partial charge >= 0.3 is 5.97 Å². The fourth-order valence-corrected chi connectivity index (χ4v) is 3.98. The van der Waals surface area contributed by atoms with Crippen molar-refractivity contribution in [2.45, 2.75) is 50.4 Å². The maximum atomic E-state index is 11.2. The Labute approximate surface area is 112 Å². The fourth-order valence-electron chi connectivity index (χ4n) is 3.98. The molecule has 3 atom stereocenters. The molecule has 19 heavy (non-hydrogen) atoms. The Hall–Kier alpha value is -1.45. The molecule has 2 bridgehead atoms. The molecule has 1 heterocycles. The van der Waals surface area contributed by atoms with Crippen LogP contribution >= 0.6 is 0 Å². The Morgan fingerprint density at radius 3 is 2.63 bits per heavy atom. The molecule has 0 aromatic carbocycles. The lowest BCUT2D eigenvalue weighted by molar-refractivity contribution is 0.0694. The molecule has 3 saturated carbocycles. The average molecular weight is 258 g/mol. The summed E-state index contributed by atoms with van der Waals surface area (Å²) in [6.07, 6.45) is 8.90. The van der Waals surface area contributed by atoms with Crippen LogP contribution in [0.4, 0.5) is 0 Å². The predicted octanol–water partition coefficient (Wildman–Crippen LogP) is 2.96. The molecule has 4 rings (SSSR count). The molecular formula is C15H18N2O2. The number of nitrogens with zero attached hydrogens (tertiary/aromatic N) is 2. The maximum Gasteiger partial charge on any atom is 0.339 e. The summed E-state index contributed by atoms with van der Waals surface area (Å²) in [6.45, 7) is 0. The van der Waals surface area contributed by atoms with Gasteiger partial charge in [0.25, 0.3) is 0 Å². The number of aromatic carboxylic acids is 1. The third kappa shape index (κ3) is 1.85. The van der Waals surface area contributed by atoms with E-state index in [-0.39, 0.29) is 0 Å². The summed E-state index contributed by atoms with van der Waals surface area (Å²) in [5, 5.41) is 9.22. The quantitative estimate of drug-likeness (QED) is 0.905. The number of carboxylic acid groups (broad SMARTS) is 1. The molecule has 0 radical (unpaired) electrons. The molecule has 3 unspecified atom stereocenters. The first kappa shape index (κ1) is 11.4. The molecule has 0 saturated heterocycles. The highest BCUT2D eigenvalue weighted by Crippen LogP contribution is 2.52. The molecule has 1 N–H and O–H groups in total. The van der Waals surface area contributed by atoms with Crippen molar-refractivity contribution in [1.29, 1.82) is 0 Å². The van der Waals surface area contributed by atoms with Gasteiger partial charge in [0.05, 0.1) is 11.3 Å². The van der Waals surface area contributed by atoms with Crippen LogP contribution in [0.1, 0.15) is 72.2 Å². The van der Waals surface area contributed by atoms with Gasteiger partial charge in [0, 0.05) is 18.0 Å². The van der Waals surface area contributed by atoms with Gasteiger partial charge in [0.1, 0.15) is 5.82 Å². The van der Waals surface area contributed by atoms with Crippen molar-refractivity contribution in [3.05, 3.63) is 23.3 Å². The van der Waals surface area contributed by atoms with Crippen LogP contribution in [0.2, 0.25) is 0 Å². The van der Waals surface area contributed by atoms with Gasteiger partial charge in [-0.2, -0.15) is 0 Å². The molecule has 1 aromatic rings. The molecule has 100 valence electrons. The Bertz CT molecular complexity index is 539. The van der Waals surface area contributed by atoms with E-state index >= 15 is 0 Å². The van der Waals surface area contributed by atoms with Crippen molar-refractivity contribution in [2.75, 3.05) is 0 Å². The third-order valence-electron chi connectivity index (χ3n) is 5.10. The second-order valence-electron chi connectivity index (χ2n) is 6.39. The number of hydrogen-bond acceptors (Lipinski definition) is 3. The van der Waals surface area contributed by atoms with E-state index in [1.165, 1.54) is 25.7 Å². The van der Waals surface area contributed by atoms with Crippen LogP contribution in [0.25, 0.3) is 0 Å². The summed E-state index contributed by atoms with van der Waals surface area (Å²) in [5.41, 5.74) is 1.11. The molecule has 4 nitrogen and oxygen atoms in total. The first-order valence-corrected chi connectivity index (χ1v) is 7.32. The number of carbonyl (C=O) groups is 1. The maximum absolute atomic E-state index is 11.2. The number of rotatable bonds is 3. The normalized spacial score (nSPS) is 32.7. The van der Waals surface area contributed by atoms with Gasteiger partial charge in [-0.1, -0.05) is 6.42 Å². The van der Waals surface area contributed by atoms with Crippen LogP contribution in [-0.4, -0.2) is 21.0 Å². The molecule has 4 heteroatoms. The Morgan fingerprint density at radius 1 is 1.21 bits per heavy atom. The van der Waals surface area contributed by atoms with Crippen LogP contribution in [0.5, 0.6) is 0 Å². The second kappa shape index (κ2) is 4.02. The number of fused-ring (bicyclic) bond motifs is 2. The third-order valence-corrected chi connectivity index (χ3v) is 5.10. The van der Waals surface area contributed by atoms with E-state index < -0.39 is 5.97 Å². The fraction of sp³-hybridized carbons (Fsp3) is 0.667. The average Bonchev–Trinajstić information content (AvgIpc) is 3.05. The first-order chi connectivity index (χ1) is 9.22. The lowest BCUT2D eigenvalue weighted by Gasteiger charge is -2.20. The van der Waals surface area contributed by atoms with E-state index in [4.69, 9.17) is 0 Å². The molecule has 3 fully saturated rings. The lowest BCUT2D eigenvalue weighted by atomic mass is 9.88. The lowest BCUT2D eigenvalue weighted by Crippen LogP contribution is -2.15. The van der Waals surface area contributed by atoms with E-state index in [0.29, 0.717) is 17.4 Å². The van der Waals surface area contributed by atoms with Crippen molar-refractivity contribution in [3.63, 3.8) is 0 Å². The number of aromatic nitrogens is 2. The van der Waals surface area contributed by atoms with Crippen molar-refractivity contribution in [2.24, 2.45) is 11.8 Å². The van der Waals surface area contributed by atoms with E-state index in [0.717, 1.165) is 36.2 Å². The van der Waals surface area contributed by atoms with Gasteiger partial charge in [-0.15, -0.1) is 0 Å². The zero-order valence-corrected chi connectivity index (χ0v) is 10.9. The van der Waals surface area contributed by atoms with E-state index in [1.54, 1.807) is 6.20 Å². The Balaban J connectivity index is 1.70. The monoisotopic (exact) mass is 258 g/mol. The molecular weight excluding hydrogens is 240 g/mol. The van der Waals surface area contributed by atoms with Crippen molar-refractivity contribution < 1.29 is 9.90 Å². The zero-order chi connectivity index (χ0) is 13.0. The highest BCUT2D eigenvalue weighted by atomic mass is 16.4. The van der Waals surface area contributed by atoms with Gasteiger partial charge in [-0.3, -0.25) is 0 Å². The van der Waals surface area contributed by atoms with Gasteiger partial charge in [-0.25, -0.2) is 14.8 Å². The number of carboxylic acids is 1. The summed E-state index contributed by atoms with van der Waals surface area (Å²) in [5.74, 6) is 2.49. The van der Waals surface area contributed by atoms with Gasteiger partial charge in [-0.05, 0) is 43.9 Å². The largest absolute Gasteiger partial charge is 0.478 e. The molecule has 0 spiro atoms. The molecule has 1 aromatic heterocycles. The molecule has 0 amide bonds. The minimum Gasteiger partial charge on any atom is -0.478 e. The van der Waals surface area contributed by atoms with Crippen LogP contribution < -0.4 is 0 Å². The first-order valence-electron chi connectivity index (χ1n) is 7.32. The topological polar surface area (TPSA) is 63.1 Å². The summed E-state index contributed by atoms with van der Waals surface area (Å²) < 4.78 is 0. The Kier molecular flexibility index (Phi) is 2.41. The summed E-state index contributed by atoms with van der Waals surface area (Å²) in [7, 11) is 0. The van der Waals surface area contributed by atoms with Gasteiger partial charge < -0.3 is 5.11 Å². The summed E-state index contributed by atoms with van der Waals surface area (Å²) >= 11 is 0. The minimum absolute atomic E-state index is 0.314. The van der Waals surface area contributed by atoms with E-state index in [9.17, 15) is 9.90 Å². The zero-order valence-electron chi connectivity index (χ0n) is 10.9. The van der Waals surface area contributed by atoms with Crippen molar-refractivity contribution in [1.82, 2.24) is 9.97 Å². The van der Waals surface area contributed by atoms with Crippen molar-refractivity contribution >= 4 is 5.97 Å². The van der Waals surface area contributed by atoms with Gasteiger partial charge in [0.2, 0.25) is 0 Å². The predicted molar refractivity (Wildman–Crippen MR) is 69.2 cm³/mol. The van der Waals surface area contributed by atoms with Crippen molar-refractivity contribution in [3.8, 4) is 0 Å². The Morgan fingerprint density at radius 2 is 2.05 bits per heavy atom. The van der Waals surface area contributed by atoms with Gasteiger partial charge in [0.15, 0.2) is 0 Å². The summed E-state index contributed by atoms with van der Waals surface area (Å²) in [6, 6.07) is 0. The smallest absolute Gasteiger partial charge is 0.339 e. The SMILES string of the molecule is O=C(O)c1cnc(C2CC3CCC2C3)nc1C1CC1. The van der Waals surface area contributed by atoms with Crippen LogP contribution in [0.15, 0.2) is 6.20 Å². The highest BCUT2D eigenvalue weighted by molar-refractivity contribution is 5.88. The standard InChI is InChI=1S/C15H18N2O2/c18-15(19)12-7-16-14(17-13(12)9-3-4-9)11-6-8-1-2-10(11)5-8/h7-11H,1-6H2,(H,18,19). The van der Waals surface area contributed by atoms with Crippen LogP contribution in [-0.2, 0) is 0 Å². The molecule has 3 aliphatic rings.